The fraction of sp³-hybridized carbons (Fsp3) is 1.00. The minimum absolute atomic E-state index is 0.544. The molecule has 1 aliphatic heterocycles. The first kappa shape index (κ1) is 9.25. The van der Waals surface area contributed by atoms with E-state index in [1.807, 2.05) is 0 Å². The van der Waals surface area contributed by atoms with Gasteiger partial charge in [0, 0.05) is 17.2 Å². The van der Waals surface area contributed by atoms with Crippen LogP contribution >= 0.6 is 10.7 Å². The summed E-state index contributed by atoms with van der Waals surface area (Å²) in [7, 11) is 1.66. The predicted octanol–water partition coefficient (Wildman–Crippen LogP) is 0.241. The van der Waals surface area contributed by atoms with Gasteiger partial charge in [-0.3, -0.25) is 5.84 Å². The van der Waals surface area contributed by atoms with E-state index in [1.165, 1.54) is 5.01 Å². The zero-order valence-corrected chi connectivity index (χ0v) is 7.61. The van der Waals surface area contributed by atoms with Gasteiger partial charge in [0.15, 0.2) is 0 Å². The van der Waals surface area contributed by atoms with Crippen LogP contribution in [0.25, 0.3) is 0 Å². The van der Waals surface area contributed by atoms with Gasteiger partial charge in [-0.05, 0) is 19.3 Å². The fourth-order valence-corrected chi connectivity index (χ4v) is 2.68. The second-order valence-corrected chi connectivity index (χ2v) is 5.45. The lowest BCUT2D eigenvalue weighted by Crippen LogP contribution is -2.47. The van der Waals surface area contributed by atoms with E-state index in [0.717, 1.165) is 12.8 Å². The molecule has 0 radical (unpaired) electrons. The third kappa shape index (κ3) is 2.30. The molecule has 1 heterocycles. The molecule has 66 valence electrons. The lowest BCUT2D eigenvalue weighted by Gasteiger charge is -2.28. The third-order valence-corrected chi connectivity index (χ3v) is 3.59. The van der Waals surface area contributed by atoms with Gasteiger partial charge in [0.1, 0.15) is 5.37 Å². The van der Waals surface area contributed by atoms with Crippen LogP contribution in [0.3, 0.4) is 0 Å². The molecular weight excluding hydrogens is 188 g/mol. The molecule has 1 atom stereocenters. The molecule has 0 amide bonds. The average molecular weight is 199 g/mol. The van der Waals surface area contributed by atoms with Crippen molar-refractivity contribution >= 4 is 19.7 Å². The first-order valence-corrected chi connectivity index (χ1v) is 5.84. The van der Waals surface area contributed by atoms with E-state index in [2.05, 4.69) is 0 Å². The third-order valence-electron chi connectivity index (χ3n) is 1.81. The predicted molar refractivity (Wildman–Crippen MR) is 43.3 cm³/mol. The lowest BCUT2D eigenvalue weighted by molar-refractivity contribution is 0.204. The van der Waals surface area contributed by atoms with E-state index in [1.54, 1.807) is 0 Å². The molecule has 0 aromatic rings. The van der Waals surface area contributed by atoms with Crippen LogP contribution in [0.2, 0.25) is 0 Å². The number of nitrogens with zero attached hydrogens (tertiary/aromatic N) is 1. The minimum Gasteiger partial charge on any atom is -0.268 e. The normalized spacial score (nSPS) is 28.7. The molecule has 1 unspecified atom stereocenters. The molecular formula is C5H11ClN2O2S. The molecule has 6 heteroatoms. The molecule has 1 saturated heterocycles. The Morgan fingerprint density at radius 1 is 1.45 bits per heavy atom. The van der Waals surface area contributed by atoms with Crippen LogP contribution in [-0.4, -0.2) is 25.3 Å². The van der Waals surface area contributed by atoms with Crippen LogP contribution in [0.15, 0.2) is 0 Å². The highest BCUT2D eigenvalue weighted by Gasteiger charge is 2.29. The van der Waals surface area contributed by atoms with Gasteiger partial charge in [0.2, 0.25) is 9.05 Å². The van der Waals surface area contributed by atoms with Crippen LogP contribution in [0.4, 0.5) is 0 Å². The van der Waals surface area contributed by atoms with Gasteiger partial charge in [-0.1, -0.05) is 0 Å². The summed E-state index contributed by atoms with van der Waals surface area (Å²) in [6, 6.07) is 0. The van der Waals surface area contributed by atoms with Gasteiger partial charge in [-0.25, -0.2) is 13.4 Å². The van der Waals surface area contributed by atoms with Gasteiger partial charge >= 0.3 is 0 Å². The van der Waals surface area contributed by atoms with E-state index >= 15 is 0 Å². The van der Waals surface area contributed by atoms with Crippen molar-refractivity contribution < 1.29 is 8.42 Å². The molecule has 1 rings (SSSR count). The van der Waals surface area contributed by atoms with Crippen molar-refractivity contribution in [2.75, 3.05) is 6.54 Å². The van der Waals surface area contributed by atoms with Crippen LogP contribution < -0.4 is 5.84 Å². The van der Waals surface area contributed by atoms with Gasteiger partial charge in [0.25, 0.3) is 0 Å². The number of hydrogen-bond acceptors (Lipinski definition) is 4. The van der Waals surface area contributed by atoms with E-state index in [4.69, 9.17) is 16.5 Å². The number of hydrogen-bond donors (Lipinski definition) is 1. The van der Waals surface area contributed by atoms with Crippen molar-refractivity contribution in [2.45, 2.75) is 24.6 Å². The zero-order chi connectivity index (χ0) is 8.48. The summed E-state index contributed by atoms with van der Waals surface area (Å²) in [5.74, 6) is 5.43. The Balaban J connectivity index is 2.70. The van der Waals surface area contributed by atoms with Crippen LogP contribution in [0.1, 0.15) is 19.3 Å². The SMILES string of the molecule is NN1CCCCC1S(=O)(=O)Cl. The van der Waals surface area contributed by atoms with Gasteiger partial charge in [-0.2, -0.15) is 0 Å². The second-order valence-electron chi connectivity index (χ2n) is 2.66. The van der Waals surface area contributed by atoms with E-state index in [0.29, 0.717) is 13.0 Å². The molecule has 1 fully saturated rings. The number of piperidine rings is 1. The quantitative estimate of drug-likeness (QED) is 0.485. The summed E-state index contributed by atoms with van der Waals surface area (Å²) >= 11 is 0. The molecule has 11 heavy (non-hydrogen) atoms. The standard InChI is InChI=1S/C5H11ClN2O2S/c6-11(9,10)5-3-1-2-4-8(5)7/h5H,1-4,7H2. The van der Waals surface area contributed by atoms with E-state index < -0.39 is 14.4 Å². The molecule has 2 N–H and O–H groups in total. The zero-order valence-electron chi connectivity index (χ0n) is 6.03. The summed E-state index contributed by atoms with van der Waals surface area (Å²) < 4.78 is 21.7. The average Bonchev–Trinajstić information content (AvgIpc) is 1.86. The van der Waals surface area contributed by atoms with Crippen molar-refractivity contribution in [2.24, 2.45) is 5.84 Å². The van der Waals surface area contributed by atoms with E-state index in [-0.39, 0.29) is 0 Å². The van der Waals surface area contributed by atoms with Crippen LogP contribution in [0, 0.1) is 0 Å². The largest absolute Gasteiger partial charge is 0.268 e. The minimum atomic E-state index is -3.50. The fourth-order valence-electron chi connectivity index (χ4n) is 1.23. The molecule has 0 aromatic heterocycles. The van der Waals surface area contributed by atoms with Crippen molar-refractivity contribution in [1.29, 1.82) is 0 Å². The summed E-state index contributed by atoms with van der Waals surface area (Å²) in [5, 5.41) is 0.615. The second kappa shape index (κ2) is 3.26. The maximum Gasteiger partial charge on any atom is 0.249 e. The van der Waals surface area contributed by atoms with Crippen molar-refractivity contribution in [3.63, 3.8) is 0 Å². The van der Waals surface area contributed by atoms with Crippen molar-refractivity contribution in [1.82, 2.24) is 5.01 Å². The molecule has 1 aliphatic rings. The maximum absolute atomic E-state index is 10.8. The summed E-state index contributed by atoms with van der Waals surface area (Å²) in [6.07, 6.45) is 2.37. The van der Waals surface area contributed by atoms with Gasteiger partial charge in [-0.15, -0.1) is 0 Å². The van der Waals surface area contributed by atoms with Crippen molar-refractivity contribution in [3.8, 4) is 0 Å². The van der Waals surface area contributed by atoms with Crippen LogP contribution in [-0.2, 0) is 9.05 Å². The summed E-state index contributed by atoms with van der Waals surface area (Å²) in [4.78, 5) is 0. The smallest absolute Gasteiger partial charge is 0.249 e. The van der Waals surface area contributed by atoms with Crippen LogP contribution in [0.5, 0.6) is 0 Å². The highest BCUT2D eigenvalue weighted by molar-refractivity contribution is 8.14. The molecule has 0 aromatic carbocycles. The molecule has 0 spiro atoms. The molecule has 0 aliphatic carbocycles. The van der Waals surface area contributed by atoms with Crippen molar-refractivity contribution in [3.05, 3.63) is 0 Å². The molecule has 4 nitrogen and oxygen atoms in total. The highest BCUT2D eigenvalue weighted by atomic mass is 35.7. The monoisotopic (exact) mass is 198 g/mol. The Labute approximate surface area is 70.7 Å². The highest BCUT2D eigenvalue weighted by Crippen LogP contribution is 2.20. The Morgan fingerprint density at radius 3 is 2.45 bits per heavy atom. The number of rotatable bonds is 1. The lowest BCUT2D eigenvalue weighted by atomic mass is 10.2. The van der Waals surface area contributed by atoms with Gasteiger partial charge in [0.05, 0.1) is 0 Å². The maximum atomic E-state index is 10.8. The topological polar surface area (TPSA) is 63.4 Å². The van der Waals surface area contributed by atoms with Gasteiger partial charge < -0.3 is 0 Å². The Kier molecular flexibility index (Phi) is 2.74. The Morgan fingerprint density at radius 2 is 2.09 bits per heavy atom. The molecule has 0 bridgehead atoms. The van der Waals surface area contributed by atoms with E-state index in [9.17, 15) is 8.42 Å². The summed E-state index contributed by atoms with van der Waals surface area (Å²) in [5.41, 5.74) is 0. The first-order chi connectivity index (χ1) is 5.02. The number of hydrazine groups is 1. The number of nitrogens with two attached hydrogens (primary N) is 1. The Hall–Kier alpha value is 0.160. The number of halogens is 1. The first-order valence-electron chi connectivity index (χ1n) is 3.46. The summed E-state index contributed by atoms with van der Waals surface area (Å²) in [6.45, 7) is 0.608. The molecule has 0 saturated carbocycles. The Bertz CT molecular complexity index is 229.